The van der Waals surface area contributed by atoms with E-state index in [0.717, 1.165) is 12.1 Å². The lowest BCUT2D eigenvalue weighted by Crippen LogP contribution is -2.26. The molecule has 0 spiro atoms. The van der Waals surface area contributed by atoms with Crippen LogP contribution in [-0.4, -0.2) is 28.6 Å². The van der Waals surface area contributed by atoms with Crippen LogP contribution in [0, 0.1) is 17.5 Å². The first-order valence-corrected chi connectivity index (χ1v) is 8.33. The Labute approximate surface area is 140 Å². The van der Waals surface area contributed by atoms with Gasteiger partial charge in [-0.1, -0.05) is 0 Å². The van der Waals surface area contributed by atoms with Crippen molar-refractivity contribution in [3.63, 3.8) is 0 Å². The van der Waals surface area contributed by atoms with Gasteiger partial charge in [0, 0.05) is 6.07 Å². The third kappa shape index (κ3) is 3.67. The first kappa shape index (κ1) is 17.0. The van der Waals surface area contributed by atoms with Crippen LogP contribution in [-0.2, 0) is 16.6 Å². The van der Waals surface area contributed by atoms with E-state index in [4.69, 9.17) is 0 Å². The molecule has 2 aromatic carbocycles. The van der Waals surface area contributed by atoms with Crippen molar-refractivity contribution in [1.29, 1.82) is 0 Å². The van der Waals surface area contributed by atoms with E-state index in [-0.39, 0.29) is 12.4 Å². The van der Waals surface area contributed by atoms with Gasteiger partial charge in [-0.15, -0.1) is 5.10 Å². The predicted molar refractivity (Wildman–Crippen MR) is 79.5 cm³/mol. The molecule has 1 aromatic heterocycles. The average Bonchev–Trinajstić information content (AvgIpc) is 3.02. The van der Waals surface area contributed by atoms with Gasteiger partial charge >= 0.3 is 0 Å². The molecule has 3 aromatic rings. The van der Waals surface area contributed by atoms with Crippen LogP contribution >= 0.6 is 0 Å². The first-order chi connectivity index (χ1) is 11.9. The van der Waals surface area contributed by atoms with Crippen molar-refractivity contribution in [2.24, 2.45) is 0 Å². The van der Waals surface area contributed by atoms with E-state index in [0.29, 0.717) is 11.8 Å². The lowest BCUT2D eigenvalue weighted by atomic mass is 10.3. The van der Waals surface area contributed by atoms with Crippen LogP contribution in [0.3, 0.4) is 0 Å². The van der Waals surface area contributed by atoms with Crippen molar-refractivity contribution in [3.8, 4) is 5.69 Å². The van der Waals surface area contributed by atoms with Crippen LogP contribution in [0.5, 0.6) is 0 Å². The molecule has 0 radical (unpaired) electrons. The second-order valence-electron chi connectivity index (χ2n) is 4.88. The largest absolute Gasteiger partial charge is 0.243 e. The zero-order chi connectivity index (χ0) is 18.0. The Balaban J connectivity index is 1.82. The summed E-state index contributed by atoms with van der Waals surface area (Å²) in [4.78, 5) is -0.699. The molecular formula is C14H10F3N5O2S. The highest BCUT2D eigenvalue weighted by molar-refractivity contribution is 7.89. The van der Waals surface area contributed by atoms with Crippen molar-refractivity contribution in [2.45, 2.75) is 11.4 Å². The lowest BCUT2D eigenvalue weighted by Gasteiger charge is -2.08. The van der Waals surface area contributed by atoms with Gasteiger partial charge < -0.3 is 0 Å². The maximum atomic E-state index is 13.7. The number of nitrogens with zero attached hydrogens (tertiary/aromatic N) is 4. The third-order valence-electron chi connectivity index (χ3n) is 3.21. The van der Waals surface area contributed by atoms with E-state index >= 15 is 0 Å². The Bertz CT molecular complexity index is 1010. The first-order valence-electron chi connectivity index (χ1n) is 6.85. The molecule has 0 aliphatic rings. The number of hydrogen-bond donors (Lipinski definition) is 1. The molecule has 130 valence electrons. The minimum Gasteiger partial charge on any atom is -0.207 e. The molecule has 25 heavy (non-hydrogen) atoms. The maximum absolute atomic E-state index is 13.7. The summed E-state index contributed by atoms with van der Waals surface area (Å²) in [6.07, 6.45) is 0. The number of halogens is 3. The molecule has 0 amide bonds. The van der Waals surface area contributed by atoms with E-state index in [1.807, 2.05) is 0 Å². The monoisotopic (exact) mass is 369 g/mol. The zero-order valence-electron chi connectivity index (χ0n) is 12.4. The fourth-order valence-electron chi connectivity index (χ4n) is 2.03. The fraction of sp³-hybridized carbons (Fsp3) is 0.0714. The SMILES string of the molecule is O=S(=O)(NCc1nnnn1-c1ccc(F)cc1)c1ccc(F)cc1F. The van der Waals surface area contributed by atoms with Crippen molar-refractivity contribution in [3.05, 3.63) is 65.7 Å². The number of sulfonamides is 1. The topological polar surface area (TPSA) is 89.8 Å². The molecule has 1 heterocycles. The highest BCUT2D eigenvalue weighted by Crippen LogP contribution is 2.16. The molecule has 0 unspecified atom stereocenters. The van der Waals surface area contributed by atoms with Gasteiger partial charge in [-0.2, -0.15) is 4.68 Å². The molecule has 0 fully saturated rings. The Morgan fingerprint density at radius 3 is 2.36 bits per heavy atom. The number of rotatable bonds is 5. The van der Waals surface area contributed by atoms with Crippen LogP contribution in [0.2, 0.25) is 0 Å². The fourth-order valence-corrected chi connectivity index (χ4v) is 3.07. The quantitative estimate of drug-likeness (QED) is 0.737. The Kier molecular flexibility index (Phi) is 4.51. The standard InChI is InChI=1S/C14H10F3N5O2S/c15-9-1-4-11(5-2-9)22-14(19-20-21-22)8-18-25(23,24)13-6-3-10(16)7-12(13)17/h1-7,18H,8H2. The number of hydrogen-bond acceptors (Lipinski definition) is 5. The minimum atomic E-state index is -4.25. The normalized spacial score (nSPS) is 11.6. The van der Waals surface area contributed by atoms with Gasteiger partial charge in [0.1, 0.15) is 22.3 Å². The summed E-state index contributed by atoms with van der Waals surface area (Å²) >= 11 is 0. The van der Waals surface area contributed by atoms with Crippen LogP contribution in [0.15, 0.2) is 47.4 Å². The Hall–Kier alpha value is -2.79. The van der Waals surface area contributed by atoms with Crippen molar-refractivity contribution in [2.75, 3.05) is 0 Å². The van der Waals surface area contributed by atoms with Gasteiger partial charge in [0.05, 0.1) is 12.2 Å². The molecule has 11 heteroatoms. The van der Waals surface area contributed by atoms with Crippen molar-refractivity contribution in [1.82, 2.24) is 24.9 Å². The second kappa shape index (κ2) is 6.61. The average molecular weight is 369 g/mol. The highest BCUT2D eigenvalue weighted by atomic mass is 32.2. The number of benzene rings is 2. The van der Waals surface area contributed by atoms with Crippen molar-refractivity contribution < 1.29 is 21.6 Å². The van der Waals surface area contributed by atoms with Crippen LogP contribution in [0.4, 0.5) is 13.2 Å². The van der Waals surface area contributed by atoms with Crippen LogP contribution < -0.4 is 4.72 Å². The molecular weight excluding hydrogens is 359 g/mol. The lowest BCUT2D eigenvalue weighted by molar-refractivity contribution is 0.541. The van der Waals surface area contributed by atoms with Crippen LogP contribution in [0.25, 0.3) is 5.69 Å². The summed E-state index contributed by atoms with van der Waals surface area (Å²) in [5.41, 5.74) is 0.411. The summed E-state index contributed by atoms with van der Waals surface area (Å²) in [7, 11) is -4.25. The molecule has 3 rings (SSSR count). The molecule has 0 aliphatic carbocycles. The Morgan fingerprint density at radius 2 is 1.68 bits per heavy atom. The van der Waals surface area contributed by atoms with E-state index in [1.165, 1.54) is 28.9 Å². The maximum Gasteiger partial charge on any atom is 0.243 e. The van der Waals surface area contributed by atoms with Gasteiger partial charge in [0.25, 0.3) is 0 Å². The molecule has 7 nitrogen and oxygen atoms in total. The second-order valence-corrected chi connectivity index (χ2v) is 6.62. The molecule has 0 atom stereocenters. The molecule has 1 N–H and O–H groups in total. The van der Waals surface area contributed by atoms with E-state index in [1.54, 1.807) is 0 Å². The van der Waals surface area contributed by atoms with Gasteiger partial charge in [0.2, 0.25) is 10.0 Å². The van der Waals surface area contributed by atoms with Gasteiger partial charge in [-0.3, -0.25) is 0 Å². The molecule has 0 saturated heterocycles. The zero-order valence-corrected chi connectivity index (χ0v) is 13.2. The summed E-state index contributed by atoms with van der Waals surface area (Å²) in [5.74, 6) is -2.47. The van der Waals surface area contributed by atoms with E-state index < -0.39 is 32.4 Å². The molecule has 0 aliphatic heterocycles. The summed E-state index contributed by atoms with van der Waals surface area (Å²) in [5, 5.41) is 10.8. The minimum absolute atomic E-state index is 0.0951. The smallest absolute Gasteiger partial charge is 0.207 e. The number of tetrazole rings is 1. The summed E-state index contributed by atoms with van der Waals surface area (Å²) in [6.45, 7) is -0.358. The van der Waals surface area contributed by atoms with Gasteiger partial charge in [-0.05, 0) is 46.8 Å². The third-order valence-corrected chi connectivity index (χ3v) is 4.64. The molecule has 0 saturated carbocycles. The van der Waals surface area contributed by atoms with E-state index in [9.17, 15) is 21.6 Å². The van der Waals surface area contributed by atoms with Gasteiger partial charge in [-0.25, -0.2) is 26.3 Å². The number of aromatic nitrogens is 4. The van der Waals surface area contributed by atoms with Crippen molar-refractivity contribution >= 4 is 10.0 Å². The highest BCUT2D eigenvalue weighted by Gasteiger charge is 2.20. The number of nitrogens with one attached hydrogen (secondary N) is 1. The summed E-state index contributed by atoms with van der Waals surface area (Å²) in [6, 6.07) is 7.32. The van der Waals surface area contributed by atoms with Gasteiger partial charge in [0.15, 0.2) is 5.82 Å². The predicted octanol–water partition coefficient (Wildman–Crippen LogP) is 1.56. The van der Waals surface area contributed by atoms with Crippen LogP contribution in [0.1, 0.15) is 5.82 Å². The summed E-state index contributed by atoms with van der Waals surface area (Å²) < 4.78 is 67.2. The van der Waals surface area contributed by atoms with E-state index in [2.05, 4.69) is 20.2 Å². The molecule has 0 bridgehead atoms. The Morgan fingerprint density at radius 1 is 1.00 bits per heavy atom.